The van der Waals surface area contributed by atoms with E-state index in [0.717, 1.165) is 5.56 Å². The summed E-state index contributed by atoms with van der Waals surface area (Å²) in [4.78, 5) is 3.99. The molecule has 2 rings (SSSR count). The number of anilines is 1. The summed E-state index contributed by atoms with van der Waals surface area (Å²) in [5.74, 6) is 0.596. The second kappa shape index (κ2) is 5.71. The van der Waals surface area contributed by atoms with Crippen LogP contribution in [0.1, 0.15) is 5.56 Å². The minimum Gasteiger partial charge on any atom is -0.508 e. The van der Waals surface area contributed by atoms with Gasteiger partial charge in [-0.3, -0.25) is 5.43 Å². The van der Waals surface area contributed by atoms with Gasteiger partial charge in [0.25, 0.3) is 0 Å². The van der Waals surface area contributed by atoms with Crippen molar-refractivity contribution in [3.63, 3.8) is 0 Å². The lowest BCUT2D eigenvalue weighted by Crippen LogP contribution is -1.94. The van der Waals surface area contributed by atoms with Crippen LogP contribution in [0.15, 0.2) is 41.6 Å². The number of hydrogen-bond donors (Lipinski definition) is 2. The van der Waals surface area contributed by atoms with E-state index < -0.39 is 0 Å². The molecule has 0 saturated heterocycles. The molecule has 0 spiro atoms. The standard InChI is InChI=1S/C12H9Cl2N3O/c13-9-5-11(14)12(15-7-9)17-16-6-8-2-1-3-10(18)4-8/h1-7,18H,(H,15,17)/b16-6-. The Hall–Kier alpha value is -1.78. The van der Waals surface area contributed by atoms with E-state index in [2.05, 4.69) is 15.5 Å². The zero-order chi connectivity index (χ0) is 13.0. The minimum absolute atomic E-state index is 0.182. The average molecular weight is 282 g/mol. The van der Waals surface area contributed by atoms with Crippen LogP contribution >= 0.6 is 23.2 Å². The molecule has 0 atom stereocenters. The monoisotopic (exact) mass is 281 g/mol. The molecule has 0 fully saturated rings. The van der Waals surface area contributed by atoms with Gasteiger partial charge in [0.15, 0.2) is 5.82 Å². The molecular formula is C12H9Cl2N3O. The lowest BCUT2D eigenvalue weighted by atomic mass is 10.2. The average Bonchev–Trinajstić information content (AvgIpc) is 2.32. The Labute approximate surface area is 114 Å². The van der Waals surface area contributed by atoms with Crippen LogP contribution < -0.4 is 5.43 Å². The third-order valence-corrected chi connectivity index (χ3v) is 2.56. The summed E-state index contributed by atoms with van der Waals surface area (Å²) in [5, 5.41) is 14.1. The fourth-order valence-electron chi connectivity index (χ4n) is 1.27. The third-order valence-electron chi connectivity index (χ3n) is 2.06. The van der Waals surface area contributed by atoms with Crippen LogP contribution in [-0.2, 0) is 0 Å². The number of hydrogen-bond acceptors (Lipinski definition) is 4. The van der Waals surface area contributed by atoms with Gasteiger partial charge >= 0.3 is 0 Å². The molecule has 0 aliphatic heterocycles. The molecule has 0 saturated carbocycles. The van der Waals surface area contributed by atoms with Crippen molar-refractivity contribution in [3.05, 3.63) is 52.1 Å². The van der Waals surface area contributed by atoms with Crippen molar-refractivity contribution in [2.45, 2.75) is 0 Å². The van der Waals surface area contributed by atoms with Crippen LogP contribution in [-0.4, -0.2) is 16.3 Å². The van der Waals surface area contributed by atoms with Crippen molar-refractivity contribution in [2.24, 2.45) is 5.10 Å². The van der Waals surface area contributed by atoms with Crippen molar-refractivity contribution in [3.8, 4) is 5.75 Å². The summed E-state index contributed by atoms with van der Waals surface area (Å²) >= 11 is 11.6. The van der Waals surface area contributed by atoms with E-state index >= 15 is 0 Å². The van der Waals surface area contributed by atoms with E-state index in [9.17, 15) is 5.11 Å². The van der Waals surface area contributed by atoms with Crippen LogP contribution in [0.5, 0.6) is 5.75 Å². The van der Waals surface area contributed by atoms with E-state index in [1.54, 1.807) is 30.5 Å². The van der Waals surface area contributed by atoms with Gasteiger partial charge in [0.05, 0.1) is 16.3 Å². The molecule has 0 aliphatic rings. The first-order valence-electron chi connectivity index (χ1n) is 5.04. The Balaban J connectivity index is 2.07. The number of benzene rings is 1. The summed E-state index contributed by atoms with van der Waals surface area (Å²) in [5.41, 5.74) is 3.45. The number of phenolic OH excluding ortho intramolecular Hbond substituents is 1. The van der Waals surface area contributed by atoms with Gasteiger partial charge in [-0.2, -0.15) is 5.10 Å². The fraction of sp³-hybridized carbons (Fsp3) is 0. The number of hydrazone groups is 1. The SMILES string of the molecule is Oc1cccc(/C=N\Nc2ncc(Cl)cc2Cl)c1. The second-order valence-corrected chi connectivity index (χ2v) is 4.29. The Morgan fingerprint density at radius 2 is 2.11 bits per heavy atom. The number of aromatic hydroxyl groups is 1. The molecule has 18 heavy (non-hydrogen) atoms. The Bertz CT molecular complexity index is 587. The highest BCUT2D eigenvalue weighted by atomic mass is 35.5. The third kappa shape index (κ3) is 3.35. The molecule has 0 amide bonds. The van der Waals surface area contributed by atoms with Crippen LogP contribution in [0.25, 0.3) is 0 Å². The molecule has 2 aromatic rings. The Morgan fingerprint density at radius 3 is 2.83 bits per heavy atom. The van der Waals surface area contributed by atoms with Crippen molar-refractivity contribution in [1.29, 1.82) is 0 Å². The first-order chi connectivity index (χ1) is 8.65. The summed E-state index contributed by atoms with van der Waals surface area (Å²) < 4.78 is 0. The topological polar surface area (TPSA) is 57.5 Å². The Kier molecular flexibility index (Phi) is 4.02. The molecule has 6 heteroatoms. The highest BCUT2D eigenvalue weighted by Gasteiger charge is 2.00. The van der Waals surface area contributed by atoms with Gasteiger partial charge in [0, 0.05) is 6.20 Å². The lowest BCUT2D eigenvalue weighted by molar-refractivity contribution is 0.475. The minimum atomic E-state index is 0.182. The Morgan fingerprint density at radius 1 is 1.28 bits per heavy atom. The van der Waals surface area contributed by atoms with Gasteiger partial charge in [0.1, 0.15) is 5.75 Å². The molecule has 0 bridgehead atoms. The molecule has 0 unspecified atom stereocenters. The van der Waals surface area contributed by atoms with Crippen LogP contribution in [0.4, 0.5) is 5.82 Å². The molecule has 0 radical (unpaired) electrons. The molecule has 1 aromatic heterocycles. The predicted molar refractivity (Wildman–Crippen MR) is 73.6 cm³/mol. The fourth-order valence-corrected chi connectivity index (χ4v) is 1.69. The highest BCUT2D eigenvalue weighted by Crippen LogP contribution is 2.22. The molecule has 4 nitrogen and oxygen atoms in total. The van der Waals surface area contributed by atoms with Crippen molar-refractivity contribution < 1.29 is 5.11 Å². The molecule has 92 valence electrons. The number of rotatable bonds is 3. The van der Waals surface area contributed by atoms with Crippen LogP contribution in [0, 0.1) is 0 Å². The number of pyridine rings is 1. The van der Waals surface area contributed by atoms with E-state index in [1.807, 2.05) is 6.07 Å². The van der Waals surface area contributed by atoms with Gasteiger partial charge in [-0.25, -0.2) is 4.98 Å². The normalized spacial score (nSPS) is 10.8. The van der Waals surface area contributed by atoms with Crippen molar-refractivity contribution in [2.75, 3.05) is 5.43 Å². The number of aromatic nitrogens is 1. The largest absolute Gasteiger partial charge is 0.508 e. The van der Waals surface area contributed by atoms with Crippen LogP contribution in [0.3, 0.4) is 0 Å². The van der Waals surface area contributed by atoms with Crippen molar-refractivity contribution in [1.82, 2.24) is 4.98 Å². The van der Waals surface area contributed by atoms with E-state index in [1.165, 1.54) is 6.20 Å². The van der Waals surface area contributed by atoms with Gasteiger partial charge < -0.3 is 5.11 Å². The van der Waals surface area contributed by atoms with Crippen LogP contribution in [0.2, 0.25) is 10.0 Å². The zero-order valence-corrected chi connectivity index (χ0v) is 10.7. The quantitative estimate of drug-likeness (QED) is 0.668. The van der Waals surface area contributed by atoms with Crippen molar-refractivity contribution >= 4 is 35.2 Å². The molecule has 2 N–H and O–H groups in total. The number of nitrogens with zero attached hydrogens (tertiary/aromatic N) is 2. The summed E-state index contributed by atoms with van der Waals surface area (Å²) in [6, 6.07) is 8.28. The molecule has 0 aliphatic carbocycles. The maximum absolute atomic E-state index is 9.27. The first-order valence-corrected chi connectivity index (χ1v) is 5.80. The smallest absolute Gasteiger partial charge is 0.165 e. The number of phenols is 1. The maximum Gasteiger partial charge on any atom is 0.165 e. The van der Waals surface area contributed by atoms with E-state index in [-0.39, 0.29) is 5.75 Å². The predicted octanol–water partition coefficient (Wildman–Crippen LogP) is 3.54. The van der Waals surface area contributed by atoms with Gasteiger partial charge in [-0.15, -0.1) is 0 Å². The second-order valence-electron chi connectivity index (χ2n) is 3.45. The number of halogens is 2. The maximum atomic E-state index is 9.27. The summed E-state index contributed by atoms with van der Waals surface area (Å²) in [6.07, 6.45) is 3.02. The van der Waals surface area contributed by atoms with Gasteiger partial charge in [-0.1, -0.05) is 35.3 Å². The van der Waals surface area contributed by atoms with Gasteiger partial charge in [-0.05, 0) is 23.8 Å². The molecule has 1 heterocycles. The molecule has 1 aromatic carbocycles. The molecular weight excluding hydrogens is 273 g/mol. The highest BCUT2D eigenvalue weighted by molar-refractivity contribution is 6.35. The first kappa shape index (κ1) is 12.7. The van der Waals surface area contributed by atoms with E-state index in [0.29, 0.717) is 15.9 Å². The summed E-state index contributed by atoms with van der Waals surface area (Å²) in [6.45, 7) is 0. The van der Waals surface area contributed by atoms with E-state index in [4.69, 9.17) is 23.2 Å². The lowest BCUT2D eigenvalue weighted by Gasteiger charge is -2.01. The number of nitrogens with one attached hydrogen (secondary N) is 1. The zero-order valence-electron chi connectivity index (χ0n) is 9.14. The summed E-state index contributed by atoms with van der Waals surface area (Å²) in [7, 11) is 0. The van der Waals surface area contributed by atoms with Gasteiger partial charge in [0.2, 0.25) is 0 Å².